The number of aliphatic hydroxyl groups is 1. The van der Waals surface area contributed by atoms with Crippen LogP contribution in [-0.4, -0.2) is 55.0 Å². The van der Waals surface area contributed by atoms with Gasteiger partial charge in [-0.1, -0.05) is 0 Å². The Morgan fingerprint density at radius 3 is 2.53 bits per heavy atom. The van der Waals surface area contributed by atoms with Gasteiger partial charge in [0.25, 0.3) is 0 Å². The minimum atomic E-state index is -2.89. The number of aliphatic hydroxyl groups excluding tert-OH is 1. The van der Waals surface area contributed by atoms with Crippen molar-refractivity contribution in [3.05, 3.63) is 0 Å². The van der Waals surface area contributed by atoms with E-state index in [1.165, 1.54) is 0 Å². The summed E-state index contributed by atoms with van der Waals surface area (Å²) in [6, 6.07) is 0. The molecule has 1 N–H and O–H groups in total. The van der Waals surface area contributed by atoms with E-state index in [1.54, 1.807) is 4.90 Å². The third-order valence-corrected chi connectivity index (χ3v) is 4.84. The molecule has 5 nitrogen and oxygen atoms in total. The van der Waals surface area contributed by atoms with Gasteiger partial charge in [-0.2, -0.15) is 0 Å². The zero-order chi connectivity index (χ0) is 11.1. The third kappa shape index (κ3) is 2.49. The van der Waals surface area contributed by atoms with Crippen molar-refractivity contribution in [2.24, 2.45) is 5.92 Å². The highest BCUT2D eigenvalue weighted by Crippen LogP contribution is 2.23. The van der Waals surface area contributed by atoms with Crippen LogP contribution in [0.2, 0.25) is 0 Å². The highest BCUT2D eigenvalue weighted by Gasteiger charge is 2.34. The Kier molecular flexibility index (Phi) is 2.72. The number of carbonyl (C=O) groups excluding carboxylic acids is 1. The van der Waals surface area contributed by atoms with Gasteiger partial charge in [0.15, 0.2) is 9.84 Å². The SMILES string of the molecule is O=C(CC1CCS(=O)(=O)C1)N1CC(O)C1. The number of nitrogens with zero attached hydrogens (tertiary/aromatic N) is 1. The Balaban J connectivity index is 1.81. The molecule has 6 heteroatoms. The molecule has 0 aromatic rings. The van der Waals surface area contributed by atoms with Gasteiger partial charge in [-0.3, -0.25) is 4.79 Å². The molecule has 2 rings (SSSR count). The molecule has 2 aliphatic heterocycles. The molecule has 15 heavy (non-hydrogen) atoms. The Bertz CT molecular complexity index is 358. The van der Waals surface area contributed by atoms with E-state index in [2.05, 4.69) is 0 Å². The van der Waals surface area contributed by atoms with E-state index in [0.717, 1.165) is 0 Å². The monoisotopic (exact) mass is 233 g/mol. The summed E-state index contributed by atoms with van der Waals surface area (Å²) in [5.74, 6) is 0.325. The maximum absolute atomic E-state index is 11.6. The normalized spacial score (nSPS) is 30.2. The van der Waals surface area contributed by atoms with Gasteiger partial charge in [-0.05, 0) is 12.3 Å². The maximum Gasteiger partial charge on any atom is 0.223 e. The van der Waals surface area contributed by atoms with Crippen molar-refractivity contribution in [3.63, 3.8) is 0 Å². The molecule has 0 spiro atoms. The van der Waals surface area contributed by atoms with Crippen LogP contribution in [0.25, 0.3) is 0 Å². The maximum atomic E-state index is 11.6. The first-order chi connectivity index (χ1) is 6.96. The molecule has 2 saturated heterocycles. The van der Waals surface area contributed by atoms with E-state index in [9.17, 15) is 13.2 Å². The zero-order valence-electron chi connectivity index (χ0n) is 8.42. The van der Waals surface area contributed by atoms with E-state index >= 15 is 0 Å². The molecule has 2 aliphatic rings. The lowest BCUT2D eigenvalue weighted by molar-refractivity contribution is -0.142. The molecule has 1 amide bonds. The van der Waals surface area contributed by atoms with Crippen LogP contribution in [0.4, 0.5) is 0 Å². The predicted molar refractivity (Wildman–Crippen MR) is 54.0 cm³/mol. The second kappa shape index (κ2) is 3.75. The molecule has 0 aliphatic carbocycles. The van der Waals surface area contributed by atoms with Gasteiger partial charge in [-0.15, -0.1) is 0 Å². The van der Waals surface area contributed by atoms with Crippen LogP contribution in [0, 0.1) is 5.92 Å². The van der Waals surface area contributed by atoms with Gasteiger partial charge in [0.2, 0.25) is 5.91 Å². The van der Waals surface area contributed by atoms with Crippen molar-refractivity contribution in [1.29, 1.82) is 0 Å². The summed E-state index contributed by atoms with van der Waals surface area (Å²) in [5.41, 5.74) is 0. The molecule has 0 radical (unpaired) electrons. The van der Waals surface area contributed by atoms with Gasteiger partial charge in [0.1, 0.15) is 0 Å². The topological polar surface area (TPSA) is 74.7 Å². The molecule has 0 aromatic heterocycles. The average molecular weight is 233 g/mol. The fourth-order valence-corrected chi connectivity index (χ4v) is 3.93. The largest absolute Gasteiger partial charge is 0.389 e. The van der Waals surface area contributed by atoms with Crippen molar-refractivity contribution in [3.8, 4) is 0 Å². The van der Waals surface area contributed by atoms with Crippen LogP contribution in [0.1, 0.15) is 12.8 Å². The number of amides is 1. The molecular formula is C9H15NO4S. The summed E-state index contributed by atoms with van der Waals surface area (Å²) in [4.78, 5) is 13.1. The third-order valence-electron chi connectivity index (χ3n) is 3.01. The van der Waals surface area contributed by atoms with Gasteiger partial charge in [-0.25, -0.2) is 8.42 Å². The predicted octanol–water partition coefficient (Wildman–Crippen LogP) is -0.986. The minimum Gasteiger partial charge on any atom is -0.389 e. The first-order valence-corrected chi connectivity index (χ1v) is 6.95. The molecule has 86 valence electrons. The molecule has 2 heterocycles. The number of hydrogen-bond acceptors (Lipinski definition) is 4. The van der Waals surface area contributed by atoms with Crippen LogP contribution in [0.15, 0.2) is 0 Å². The summed E-state index contributed by atoms with van der Waals surface area (Å²) in [7, 11) is -2.89. The quantitative estimate of drug-likeness (QED) is 0.665. The highest BCUT2D eigenvalue weighted by molar-refractivity contribution is 7.91. The van der Waals surface area contributed by atoms with Crippen molar-refractivity contribution in [2.45, 2.75) is 18.9 Å². The summed E-state index contributed by atoms with van der Waals surface area (Å²) in [5, 5.41) is 9.02. The number of hydrogen-bond donors (Lipinski definition) is 1. The second-order valence-corrected chi connectivity index (χ2v) is 6.65. The van der Waals surface area contributed by atoms with Gasteiger partial charge < -0.3 is 10.0 Å². The summed E-state index contributed by atoms with van der Waals surface area (Å²) >= 11 is 0. The Morgan fingerprint density at radius 1 is 1.40 bits per heavy atom. The molecule has 1 atom stereocenters. The number of carbonyl (C=O) groups is 1. The lowest BCUT2D eigenvalue weighted by Crippen LogP contribution is -2.53. The fraction of sp³-hybridized carbons (Fsp3) is 0.889. The Morgan fingerprint density at radius 2 is 2.07 bits per heavy atom. The standard InChI is InChI=1S/C9H15NO4S/c11-8-4-10(5-8)9(12)3-7-1-2-15(13,14)6-7/h7-8,11H,1-6H2. The van der Waals surface area contributed by atoms with Gasteiger partial charge in [0, 0.05) is 19.5 Å². The smallest absolute Gasteiger partial charge is 0.223 e. The molecule has 0 saturated carbocycles. The van der Waals surface area contributed by atoms with Crippen LogP contribution in [0.5, 0.6) is 0 Å². The van der Waals surface area contributed by atoms with E-state index in [1.807, 2.05) is 0 Å². The number of β-amino-alcohol motifs (C(OH)–C–C–N with tert-alkyl or cyclic N) is 1. The minimum absolute atomic E-state index is 0.0137. The van der Waals surface area contributed by atoms with Crippen LogP contribution in [0.3, 0.4) is 0 Å². The molecule has 0 bridgehead atoms. The summed E-state index contributed by atoms with van der Waals surface area (Å²) in [6.07, 6.45) is 0.525. The van der Waals surface area contributed by atoms with Crippen molar-refractivity contribution in [2.75, 3.05) is 24.6 Å². The van der Waals surface area contributed by atoms with Crippen LogP contribution in [-0.2, 0) is 14.6 Å². The lowest BCUT2D eigenvalue weighted by Gasteiger charge is -2.36. The Hall–Kier alpha value is -0.620. The average Bonchev–Trinajstić information content (AvgIpc) is 2.40. The molecule has 1 unspecified atom stereocenters. The number of rotatable bonds is 2. The van der Waals surface area contributed by atoms with E-state index in [0.29, 0.717) is 25.9 Å². The molecule has 0 aromatic carbocycles. The number of likely N-dealkylation sites (tertiary alicyclic amines) is 1. The lowest BCUT2D eigenvalue weighted by atomic mass is 10.0. The van der Waals surface area contributed by atoms with E-state index in [4.69, 9.17) is 5.11 Å². The molecular weight excluding hydrogens is 218 g/mol. The van der Waals surface area contributed by atoms with Gasteiger partial charge >= 0.3 is 0 Å². The fourth-order valence-electron chi connectivity index (χ4n) is 2.07. The van der Waals surface area contributed by atoms with Crippen molar-refractivity contribution in [1.82, 2.24) is 4.90 Å². The second-order valence-electron chi connectivity index (χ2n) is 4.43. The highest BCUT2D eigenvalue weighted by atomic mass is 32.2. The van der Waals surface area contributed by atoms with Gasteiger partial charge in [0.05, 0.1) is 17.6 Å². The first-order valence-electron chi connectivity index (χ1n) is 5.12. The summed E-state index contributed by atoms with van der Waals surface area (Å²) < 4.78 is 22.3. The van der Waals surface area contributed by atoms with Crippen LogP contribution < -0.4 is 0 Å². The number of sulfone groups is 1. The first kappa shape index (κ1) is 10.9. The van der Waals surface area contributed by atoms with Crippen molar-refractivity contribution >= 4 is 15.7 Å². The zero-order valence-corrected chi connectivity index (χ0v) is 9.24. The van der Waals surface area contributed by atoms with E-state index in [-0.39, 0.29) is 29.4 Å². The van der Waals surface area contributed by atoms with E-state index < -0.39 is 9.84 Å². The molecule has 2 fully saturated rings. The van der Waals surface area contributed by atoms with Crippen LogP contribution >= 0.6 is 0 Å². The van der Waals surface area contributed by atoms with Crippen molar-refractivity contribution < 1.29 is 18.3 Å². The summed E-state index contributed by atoms with van der Waals surface area (Å²) in [6.45, 7) is 0.802. The Labute approximate surface area is 89.0 Å².